The first-order chi connectivity index (χ1) is 13.8. The summed E-state index contributed by atoms with van der Waals surface area (Å²) in [7, 11) is 4.50. The predicted molar refractivity (Wildman–Crippen MR) is 105 cm³/mol. The van der Waals surface area contributed by atoms with Crippen molar-refractivity contribution in [2.45, 2.75) is 25.8 Å². The van der Waals surface area contributed by atoms with Gasteiger partial charge in [-0.3, -0.25) is 4.79 Å². The van der Waals surface area contributed by atoms with E-state index in [1.54, 1.807) is 0 Å². The molecule has 29 heavy (non-hydrogen) atoms. The number of nitrogens with one attached hydrogen (secondary N) is 1. The number of carbonyl (C=O) groups is 2. The number of hydrogen-bond donors (Lipinski definition) is 3. The minimum Gasteiger partial charge on any atom is -0.507 e. The Hall–Kier alpha value is -3.42. The second kappa shape index (κ2) is 7.90. The third kappa shape index (κ3) is 3.53. The van der Waals surface area contributed by atoms with Crippen molar-refractivity contribution in [1.29, 1.82) is 0 Å². The molecule has 1 aliphatic rings. The minimum absolute atomic E-state index is 0.226. The molecule has 3 rings (SSSR count). The van der Waals surface area contributed by atoms with Crippen molar-refractivity contribution < 1.29 is 34.0 Å². The Morgan fingerprint density at radius 2 is 1.76 bits per heavy atom. The standard InChI is InChI=1S/C21H23NO7/c1-10(23)22-15-6-5-11-7-17(27-2)19(28-3)20(29-4)18(11)13-8-14(21(25)26)16(24)9-12(13)15/h7-9,15,24H,5-6H2,1-4H3,(H,22,23)(H,25,26)/t15-/m0/s1. The van der Waals surface area contributed by atoms with Crippen molar-refractivity contribution in [3.8, 4) is 34.1 Å². The number of methoxy groups -OCH3 is 3. The number of carboxylic acid groups (broad SMARTS) is 1. The Morgan fingerprint density at radius 3 is 2.31 bits per heavy atom. The van der Waals surface area contributed by atoms with E-state index in [0.29, 0.717) is 46.8 Å². The molecule has 0 fully saturated rings. The van der Waals surface area contributed by atoms with Crippen molar-refractivity contribution in [1.82, 2.24) is 5.32 Å². The van der Waals surface area contributed by atoms with Gasteiger partial charge in [0.25, 0.3) is 0 Å². The highest BCUT2D eigenvalue weighted by Crippen LogP contribution is 2.51. The van der Waals surface area contributed by atoms with Crippen LogP contribution in [-0.4, -0.2) is 43.4 Å². The number of benzene rings is 2. The van der Waals surface area contributed by atoms with Gasteiger partial charge in [-0.1, -0.05) is 0 Å². The molecular weight excluding hydrogens is 378 g/mol. The molecule has 1 aliphatic carbocycles. The van der Waals surface area contributed by atoms with Crippen LogP contribution in [0.25, 0.3) is 11.1 Å². The van der Waals surface area contributed by atoms with Crippen molar-refractivity contribution in [3.63, 3.8) is 0 Å². The maximum atomic E-state index is 11.8. The molecule has 0 aliphatic heterocycles. The summed E-state index contributed by atoms with van der Waals surface area (Å²) < 4.78 is 16.6. The Morgan fingerprint density at radius 1 is 1.07 bits per heavy atom. The number of carboxylic acids is 1. The summed E-state index contributed by atoms with van der Waals surface area (Å²) in [4.78, 5) is 23.4. The van der Waals surface area contributed by atoms with Crippen molar-refractivity contribution >= 4 is 11.9 Å². The van der Waals surface area contributed by atoms with E-state index in [1.807, 2.05) is 6.07 Å². The van der Waals surface area contributed by atoms with E-state index in [-0.39, 0.29) is 17.2 Å². The number of fused-ring (bicyclic) bond motifs is 3. The van der Waals surface area contributed by atoms with E-state index >= 15 is 0 Å². The molecule has 0 unspecified atom stereocenters. The zero-order valence-corrected chi connectivity index (χ0v) is 16.7. The molecule has 0 saturated carbocycles. The number of rotatable bonds is 5. The number of aryl methyl sites for hydroxylation is 1. The maximum absolute atomic E-state index is 11.8. The highest BCUT2D eigenvalue weighted by molar-refractivity contribution is 5.95. The molecule has 0 spiro atoms. The molecule has 0 heterocycles. The lowest BCUT2D eigenvalue weighted by Gasteiger charge is -2.21. The van der Waals surface area contributed by atoms with E-state index in [2.05, 4.69) is 5.32 Å². The number of ether oxygens (including phenoxy) is 3. The van der Waals surface area contributed by atoms with Gasteiger partial charge in [0.1, 0.15) is 11.3 Å². The van der Waals surface area contributed by atoms with Gasteiger partial charge >= 0.3 is 5.97 Å². The molecule has 3 N–H and O–H groups in total. The first kappa shape index (κ1) is 20.3. The van der Waals surface area contributed by atoms with Gasteiger partial charge in [-0.15, -0.1) is 0 Å². The van der Waals surface area contributed by atoms with Crippen LogP contribution in [0, 0.1) is 0 Å². The van der Waals surface area contributed by atoms with Crippen LogP contribution >= 0.6 is 0 Å². The minimum atomic E-state index is -1.26. The predicted octanol–water partition coefficient (Wildman–Crippen LogP) is 2.91. The van der Waals surface area contributed by atoms with Crippen LogP contribution in [0.15, 0.2) is 18.2 Å². The Bertz CT molecular complexity index is 984. The summed E-state index contributed by atoms with van der Waals surface area (Å²) in [5, 5.41) is 22.7. The fraction of sp³-hybridized carbons (Fsp3) is 0.333. The van der Waals surface area contributed by atoms with E-state index in [1.165, 1.54) is 40.4 Å². The Kier molecular flexibility index (Phi) is 5.54. The molecule has 1 atom stereocenters. The summed E-state index contributed by atoms with van der Waals surface area (Å²) >= 11 is 0. The van der Waals surface area contributed by atoms with Gasteiger partial charge in [-0.05, 0) is 47.7 Å². The van der Waals surface area contributed by atoms with E-state index in [9.17, 15) is 19.8 Å². The van der Waals surface area contributed by atoms with Crippen LogP contribution in [0.5, 0.6) is 23.0 Å². The first-order valence-corrected chi connectivity index (χ1v) is 9.01. The first-order valence-electron chi connectivity index (χ1n) is 9.01. The summed E-state index contributed by atoms with van der Waals surface area (Å²) in [6, 6.07) is 4.21. The van der Waals surface area contributed by atoms with Crippen molar-refractivity contribution in [3.05, 3.63) is 34.9 Å². The van der Waals surface area contributed by atoms with Gasteiger partial charge in [0.2, 0.25) is 11.7 Å². The number of hydrogen-bond acceptors (Lipinski definition) is 6. The third-order valence-corrected chi connectivity index (χ3v) is 5.03. The average molecular weight is 401 g/mol. The number of phenols is 1. The summed E-state index contributed by atoms with van der Waals surface area (Å²) in [5.74, 6) is -0.590. The zero-order valence-electron chi connectivity index (χ0n) is 16.7. The average Bonchev–Trinajstić information content (AvgIpc) is 2.82. The maximum Gasteiger partial charge on any atom is 0.339 e. The van der Waals surface area contributed by atoms with Gasteiger partial charge in [0.15, 0.2) is 11.5 Å². The monoisotopic (exact) mass is 401 g/mol. The molecule has 2 aromatic rings. The molecule has 0 saturated heterocycles. The Labute approximate surface area is 168 Å². The van der Waals surface area contributed by atoms with Gasteiger partial charge < -0.3 is 29.7 Å². The Balaban J connectivity index is 2.40. The summed E-state index contributed by atoms with van der Waals surface area (Å²) in [6.45, 7) is 1.41. The van der Waals surface area contributed by atoms with Crippen LogP contribution in [0.2, 0.25) is 0 Å². The largest absolute Gasteiger partial charge is 0.507 e. The van der Waals surface area contributed by atoms with Crippen LogP contribution < -0.4 is 19.5 Å². The third-order valence-electron chi connectivity index (χ3n) is 5.03. The van der Waals surface area contributed by atoms with E-state index in [4.69, 9.17) is 14.2 Å². The summed E-state index contributed by atoms with van der Waals surface area (Å²) in [5.41, 5.74) is 2.41. The highest BCUT2D eigenvalue weighted by Gasteiger charge is 2.31. The van der Waals surface area contributed by atoms with Gasteiger partial charge in [-0.25, -0.2) is 4.79 Å². The second-order valence-corrected chi connectivity index (χ2v) is 6.73. The van der Waals surface area contributed by atoms with E-state index < -0.39 is 12.0 Å². The van der Waals surface area contributed by atoms with Crippen molar-refractivity contribution in [2.24, 2.45) is 0 Å². The van der Waals surface area contributed by atoms with Crippen LogP contribution in [0.3, 0.4) is 0 Å². The SMILES string of the molecule is COc1cc2c(c(OC)c1OC)-c1cc(C(=O)O)c(O)cc1[C@@H](NC(C)=O)CC2. The molecule has 0 bridgehead atoms. The fourth-order valence-corrected chi connectivity index (χ4v) is 3.83. The smallest absolute Gasteiger partial charge is 0.339 e. The summed E-state index contributed by atoms with van der Waals surface area (Å²) in [6.07, 6.45) is 1.11. The molecule has 8 heteroatoms. The highest BCUT2D eigenvalue weighted by atomic mass is 16.5. The second-order valence-electron chi connectivity index (χ2n) is 6.73. The van der Waals surface area contributed by atoms with E-state index in [0.717, 1.165) is 5.56 Å². The molecule has 0 aromatic heterocycles. The number of aromatic carboxylic acids is 1. The lowest BCUT2D eigenvalue weighted by Crippen LogP contribution is -2.26. The van der Waals surface area contributed by atoms with Crippen LogP contribution in [-0.2, 0) is 11.2 Å². The van der Waals surface area contributed by atoms with Gasteiger partial charge in [0, 0.05) is 12.5 Å². The lowest BCUT2D eigenvalue weighted by molar-refractivity contribution is -0.119. The van der Waals surface area contributed by atoms with Gasteiger partial charge in [0.05, 0.1) is 27.4 Å². The molecular formula is C21H23NO7. The van der Waals surface area contributed by atoms with Gasteiger partial charge in [-0.2, -0.15) is 0 Å². The molecule has 154 valence electrons. The van der Waals surface area contributed by atoms with Crippen molar-refractivity contribution in [2.75, 3.05) is 21.3 Å². The van der Waals surface area contributed by atoms with Crippen LogP contribution in [0.4, 0.5) is 0 Å². The fourth-order valence-electron chi connectivity index (χ4n) is 3.83. The van der Waals surface area contributed by atoms with Crippen LogP contribution in [0.1, 0.15) is 40.9 Å². The topological polar surface area (TPSA) is 114 Å². The molecule has 2 aromatic carbocycles. The molecule has 8 nitrogen and oxygen atoms in total. The normalized spacial score (nSPS) is 14.8. The quantitative estimate of drug-likeness (QED) is 0.706. The number of aromatic hydroxyl groups is 1. The number of amides is 1. The molecule has 1 amide bonds. The zero-order chi connectivity index (χ0) is 21.3. The number of carbonyl (C=O) groups excluding carboxylic acids is 1. The lowest BCUT2D eigenvalue weighted by atomic mass is 9.91. The molecule has 0 radical (unpaired) electrons.